The molecule has 0 saturated heterocycles. The van der Waals surface area contributed by atoms with Gasteiger partial charge in [-0.15, -0.1) is 4.52 Å². The monoisotopic (exact) mass is 229 g/mol. The van der Waals surface area contributed by atoms with Crippen molar-refractivity contribution in [3.63, 3.8) is 0 Å². The molecule has 1 aliphatic rings. The van der Waals surface area contributed by atoms with Crippen LogP contribution in [0, 0.1) is 5.92 Å². The van der Waals surface area contributed by atoms with Crippen molar-refractivity contribution in [1.82, 2.24) is 0 Å². The van der Waals surface area contributed by atoms with Crippen LogP contribution >= 0.6 is 8.03 Å². The first kappa shape index (κ1) is 12.9. The van der Waals surface area contributed by atoms with Gasteiger partial charge >= 0.3 is 8.03 Å². The first-order valence-corrected chi connectivity index (χ1v) is 7.35. The van der Waals surface area contributed by atoms with Crippen LogP contribution in [0.3, 0.4) is 0 Å². The highest BCUT2D eigenvalue weighted by molar-refractivity contribution is 7.42. The van der Waals surface area contributed by atoms with Crippen LogP contribution in [0.25, 0.3) is 0 Å². The van der Waals surface area contributed by atoms with E-state index in [9.17, 15) is 4.57 Å². The molecule has 3 heteroatoms. The summed E-state index contributed by atoms with van der Waals surface area (Å²) in [5.41, 5.74) is 0. The Morgan fingerprint density at radius 3 is 2.73 bits per heavy atom. The molecule has 0 bridgehead atoms. The molecule has 0 radical (unpaired) electrons. The second-order valence-corrected chi connectivity index (χ2v) is 5.34. The summed E-state index contributed by atoms with van der Waals surface area (Å²) >= 11 is 0. The maximum Gasteiger partial charge on any atom is 0.540 e. The highest BCUT2D eigenvalue weighted by Gasteiger charge is 2.15. The Morgan fingerprint density at radius 2 is 2.07 bits per heavy atom. The Bertz CT molecular complexity index is 208. The van der Waals surface area contributed by atoms with Crippen molar-refractivity contribution in [1.29, 1.82) is 0 Å². The summed E-state index contributed by atoms with van der Waals surface area (Å²) in [6, 6.07) is 0. The Kier molecular flexibility index (Phi) is 6.87. The lowest BCUT2D eigenvalue weighted by atomic mass is 9.90. The highest BCUT2D eigenvalue weighted by Crippen LogP contribution is 2.29. The van der Waals surface area contributed by atoms with Gasteiger partial charge in [0.2, 0.25) is 0 Å². The summed E-state index contributed by atoms with van der Waals surface area (Å²) in [5.74, 6) is 2.41. The molecule has 1 saturated carbocycles. The van der Waals surface area contributed by atoms with Crippen molar-refractivity contribution in [2.75, 3.05) is 6.61 Å². The van der Waals surface area contributed by atoms with E-state index in [0.29, 0.717) is 12.5 Å². The second kappa shape index (κ2) is 8.01. The van der Waals surface area contributed by atoms with Crippen molar-refractivity contribution < 1.29 is 9.09 Å². The van der Waals surface area contributed by atoms with Gasteiger partial charge in [0.15, 0.2) is 5.82 Å². The minimum Gasteiger partial charge on any atom is -0.142 e. The topological polar surface area (TPSA) is 26.3 Å². The zero-order valence-corrected chi connectivity index (χ0v) is 10.5. The van der Waals surface area contributed by atoms with E-state index in [1.807, 2.05) is 0 Å². The fraction of sp³-hybridized carbons (Fsp3) is 0.833. The summed E-state index contributed by atoms with van der Waals surface area (Å²) in [7, 11) is -1.55. The molecule has 1 fully saturated rings. The summed E-state index contributed by atoms with van der Waals surface area (Å²) < 4.78 is 16.6. The van der Waals surface area contributed by atoms with E-state index in [0.717, 1.165) is 12.8 Å². The fourth-order valence-corrected chi connectivity index (χ4v) is 2.64. The molecular formula is C12H22O2P+. The predicted octanol–water partition coefficient (Wildman–Crippen LogP) is 4.64. The summed E-state index contributed by atoms with van der Waals surface area (Å²) in [6.45, 7) is 2.73. The van der Waals surface area contributed by atoms with Crippen molar-refractivity contribution >= 4 is 8.03 Å². The third kappa shape index (κ3) is 6.06. The molecule has 0 amide bonds. The number of hydrogen-bond acceptors (Lipinski definition) is 2. The molecular weight excluding hydrogens is 207 g/mol. The van der Waals surface area contributed by atoms with Gasteiger partial charge in [-0.1, -0.05) is 32.6 Å². The molecule has 0 aliphatic heterocycles. The van der Waals surface area contributed by atoms with Gasteiger partial charge in [-0.2, -0.15) is 0 Å². The Balaban J connectivity index is 2.14. The summed E-state index contributed by atoms with van der Waals surface area (Å²) in [6.07, 6.45) is 10.7. The van der Waals surface area contributed by atoms with Crippen LogP contribution in [-0.2, 0) is 9.09 Å². The highest BCUT2D eigenvalue weighted by atomic mass is 31.1. The zero-order chi connectivity index (χ0) is 10.9. The van der Waals surface area contributed by atoms with Crippen LogP contribution in [0.1, 0.15) is 51.9 Å². The van der Waals surface area contributed by atoms with E-state index < -0.39 is 8.03 Å². The molecule has 0 N–H and O–H groups in total. The standard InChI is InChI=1S/C12H22O2P/c1-2-3-10-14-15(13)11-9-12-7-5-4-6-8-12/h9,11-12H,2-8,10H2,1H3/q+1. The smallest absolute Gasteiger partial charge is 0.142 e. The van der Waals surface area contributed by atoms with Crippen LogP contribution < -0.4 is 0 Å². The number of hydrogen-bond donors (Lipinski definition) is 0. The van der Waals surface area contributed by atoms with Crippen LogP contribution in [0.15, 0.2) is 11.9 Å². The van der Waals surface area contributed by atoms with E-state index in [4.69, 9.17) is 4.52 Å². The lowest BCUT2D eigenvalue weighted by Crippen LogP contribution is -2.02. The minimum atomic E-state index is -1.55. The van der Waals surface area contributed by atoms with Crippen LogP contribution in [0.5, 0.6) is 0 Å². The van der Waals surface area contributed by atoms with Gasteiger partial charge in [-0.05, 0) is 35.8 Å². The quantitative estimate of drug-likeness (QED) is 0.490. The maximum absolute atomic E-state index is 11.4. The third-order valence-corrected chi connectivity index (χ3v) is 3.70. The molecule has 0 spiro atoms. The Morgan fingerprint density at radius 1 is 1.33 bits per heavy atom. The average molecular weight is 229 g/mol. The van der Waals surface area contributed by atoms with Gasteiger partial charge in [0.05, 0.1) is 0 Å². The Hall–Kier alpha value is -0.200. The van der Waals surface area contributed by atoms with E-state index in [-0.39, 0.29) is 0 Å². The minimum absolute atomic E-state index is 0.626. The maximum atomic E-state index is 11.4. The first-order chi connectivity index (χ1) is 7.33. The lowest BCUT2D eigenvalue weighted by Gasteiger charge is -2.16. The van der Waals surface area contributed by atoms with E-state index >= 15 is 0 Å². The number of allylic oxidation sites excluding steroid dienone is 1. The van der Waals surface area contributed by atoms with Crippen molar-refractivity contribution in [2.45, 2.75) is 51.9 Å². The predicted molar refractivity (Wildman–Crippen MR) is 64.2 cm³/mol. The van der Waals surface area contributed by atoms with Crippen LogP contribution in [-0.4, -0.2) is 6.61 Å². The molecule has 0 aromatic carbocycles. The van der Waals surface area contributed by atoms with Gasteiger partial charge in [-0.3, -0.25) is 0 Å². The molecule has 86 valence electrons. The molecule has 1 atom stereocenters. The molecule has 15 heavy (non-hydrogen) atoms. The Labute approximate surface area is 94.0 Å². The van der Waals surface area contributed by atoms with Crippen molar-refractivity contribution in [3.8, 4) is 0 Å². The molecule has 2 nitrogen and oxygen atoms in total. The van der Waals surface area contributed by atoms with Crippen molar-refractivity contribution in [2.24, 2.45) is 5.92 Å². The van der Waals surface area contributed by atoms with E-state index in [2.05, 4.69) is 13.0 Å². The van der Waals surface area contributed by atoms with Crippen molar-refractivity contribution in [3.05, 3.63) is 11.9 Å². The molecule has 0 aromatic heterocycles. The van der Waals surface area contributed by atoms with Gasteiger partial charge in [0.1, 0.15) is 6.61 Å². The zero-order valence-electron chi connectivity index (χ0n) is 9.65. The van der Waals surface area contributed by atoms with Gasteiger partial charge in [0, 0.05) is 0 Å². The lowest BCUT2D eigenvalue weighted by molar-refractivity contribution is 0.326. The molecule has 0 heterocycles. The SMILES string of the molecule is CCCCO[P+](=O)C=CC1CCCCC1. The molecule has 1 aliphatic carbocycles. The average Bonchev–Trinajstić information content (AvgIpc) is 2.28. The summed E-state index contributed by atoms with van der Waals surface area (Å²) in [4.78, 5) is 0. The molecule has 1 unspecified atom stereocenters. The van der Waals surface area contributed by atoms with Crippen LogP contribution in [0.4, 0.5) is 0 Å². The molecule has 0 aromatic rings. The largest absolute Gasteiger partial charge is 0.540 e. The fourth-order valence-electron chi connectivity index (χ4n) is 1.86. The van der Waals surface area contributed by atoms with E-state index in [1.54, 1.807) is 5.82 Å². The number of unbranched alkanes of at least 4 members (excludes halogenated alkanes) is 1. The first-order valence-electron chi connectivity index (χ1n) is 6.10. The van der Waals surface area contributed by atoms with Gasteiger partial charge in [-0.25, -0.2) is 0 Å². The second-order valence-electron chi connectivity index (χ2n) is 4.21. The van der Waals surface area contributed by atoms with Gasteiger partial charge in [0.25, 0.3) is 0 Å². The third-order valence-electron chi connectivity index (χ3n) is 2.85. The molecule has 1 rings (SSSR count). The van der Waals surface area contributed by atoms with E-state index in [1.165, 1.54) is 32.1 Å². The van der Waals surface area contributed by atoms with Gasteiger partial charge < -0.3 is 0 Å². The van der Waals surface area contributed by atoms with Crippen LogP contribution in [0.2, 0.25) is 0 Å². The normalized spacial score (nSPS) is 19.7. The number of rotatable bonds is 6. The summed E-state index contributed by atoms with van der Waals surface area (Å²) in [5, 5.41) is 0.